The topological polar surface area (TPSA) is 52.6 Å². The highest BCUT2D eigenvalue weighted by Gasteiger charge is 2.32. The molecule has 1 aliphatic heterocycles. The van der Waals surface area contributed by atoms with Crippen LogP contribution < -0.4 is 4.90 Å². The van der Waals surface area contributed by atoms with Crippen molar-refractivity contribution < 1.29 is 9.18 Å². The van der Waals surface area contributed by atoms with E-state index in [1.165, 1.54) is 6.07 Å². The van der Waals surface area contributed by atoms with Crippen LogP contribution in [0.1, 0.15) is 35.0 Å². The van der Waals surface area contributed by atoms with E-state index in [1.54, 1.807) is 12.1 Å². The van der Waals surface area contributed by atoms with Crippen molar-refractivity contribution in [1.29, 1.82) is 0 Å². The fourth-order valence-electron chi connectivity index (χ4n) is 4.18. The molecule has 7 heteroatoms. The van der Waals surface area contributed by atoms with Gasteiger partial charge in [0.15, 0.2) is 0 Å². The van der Waals surface area contributed by atoms with E-state index in [1.807, 2.05) is 73.4 Å². The van der Waals surface area contributed by atoms with Gasteiger partial charge in [-0.1, -0.05) is 42.5 Å². The molecule has 6 nitrogen and oxygen atoms in total. The molecule has 0 bridgehead atoms. The smallest absolute Gasteiger partial charge is 0.223 e. The molecular formula is C26H30FN5O. The normalized spacial score (nSPS) is 16.0. The lowest BCUT2D eigenvalue weighted by Gasteiger charge is -2.20. The van der Waals surface area contributed by atoms with E-state index in [2.05, 4.69) is 4.90 Å². The molecule has 0 saturated carbocycles. The van der Waals surface area contributed by atoms with Crippen molar-refractivity contribution >= 4 is 11.7 Å². The van der Waals surface area contributed by atoms with E-state index < -0.39 is 0 Å². The lowest BCUT2D eigenvalue weighted by molar-refractivity contribution is -0.128. The summed E-state index contributed by atoms with van der Waals surface area (Å²) in [5.41, 5.74) is 2.93. The zero-order valence-electron chi connectivity index (χ0n) is 19.4. The molecule has 3 aromatic rings. The minimum Gasteiger partial charge on any atom is -0.363 e. The lowest BCUT2D eigenvalue weighted by Crippen LogP contribution is -2.24. The molecule has 2 heterocycles. The van der Waals surface area contributed by atoms with Gasteiger partial charge in [-0.3, -0.25) is 9.69 Å². The summed E-state index contributed by atoms with van der Waals surface area (Å²) in [5.74, 6) is 1.47. The maximum Gasteiger partial charge on any atom is 0.223 e. The van der Waals surface area contributed by atoms with Crippen molar-refractivity contribution in [3.8, 4) is 0 Å². The number of carbonyl (C=O) groups excluding carboxylic acids is 1. The Balaban J connectivity index is 1.49. The van der Waals surface area contributed by atoms with Gasteiger partial charge in [0, 0.05) is 52.1 Å². The maximum atomic E-state index is 13.5. The van der Waals surface area contributed by atoms with Gasteiger partial charge in [0.1, 0.15) is 17.5 Å². The standard InChI is InChI=1S/C26H30FN5O/c1-30(2)25-14-23(21-13-26(33)32(17-21)16-19-8-5-4-6-9-19)28-24(29-25)18-31(3)15-20-10-7-11-22(27)12-20/h4-12,14,21H,13,15-18H2,1-3H3/t21-/m1/s1. The highest BCUT2D eigenvalue weighted by atomic mass is 19.1. The Morgan fingerprint density at radius 2 is 1.73 bits per heavy atom. The molecule has 1 aliphatic rings. The molecule has 0 unspecified atom stereocenters. The number of amides is 1. The Hall–Kier alpha value is -3.32. The predicted molar refractivity (Wildman–Crippen MR) is 127 cm³/mol. The van der Waals surface area contributed by atoms with E-state index in [0.717, 1.165) is 22.6 Å². The molecule has 2 aromatic carbocycles. The number of likely N-dealkylation sites (tertiary alicyclic amines) is 1. The van der Waals surface area contributed by atoms with E-state index >= 15 is 0 Å². The molecule has 0 radical (unpaired) electrons. The highest BCUT2D eigenvalue weighted by Crippen LogP contribution is 2.30. The molecule has 1 atom stereocenters. The van der Waals surface area contributed by atoms with Gasteiger partial charge in [-0.25, -0.2) is 14.4 Å². The molecule has 1 fully saturated rings. The number of benzene rings is 2. The van der Waals surface area contributed by atoms with Gasteiger partial charge in [-0.05, 0) is 30.3 Å². The molecule has 1 amide bonds. The molecular weight excluding hydrogens is 417 g/mol. The third kappa shape index (κ3) is 5.93. The van der Waals surface area contributed by atoms with Crippen LogP contribution in [-0.4, -0.2) is 53.4 Å². The van der Waals surface area contributed by atoms with Gasteiger partial charge >= 0.3 is 0 Å². The van der Waals surface area contributed by atoms with E-state index in [0.29, 0.717) is 38.4 Å². The largest absolute Gasteiger partial charge is 0.363 e. The number of hydrogen-bond donors (Lipinski definition) is 0. The molecule has 0 aliphatic carbocycles. The number of carbonyl (C=O) groups is 1. The van der Waals surface area contributed by atoms with Crippen LogP contribution in [0.15, 0.2) is 60.7 Å². The summed E-state index contributed by atoms with van der Waals surface area (Å²) in [7, 11) is 5.87. The SMILES string of the molecule is CN(Cc1cccc(F)c1)Cc1nc([C@@H]2CC(=O)N(Cc3ccccc3)C2)cc(N(C)C)n1. The van der Waals surface area contributed by atoms with Gasteiger partial charge in [-0.15, -0.1) is 0 Å². The van der Waals surface area contributed by atoms with Crippen LogP contribution in [0.2, 0.25) is 0 Å². The summed E-state index contributed by atoms with van der Waals surface area (Å²) in [4.78, 5) is 28.2. The van der Waals surface area contributed by atoms with Crippen molar-refractivity contribution in [2.24, 2.45) is 0 Å². The number of halogens is 1. The monoisotopic (exact) mass is 447 g/mol. The quantitative estimate of drug-likeness (QED) is 0.525. The minimum absolute atomic E-state index is 0.0372. The summed E-state index contributed by atoms with van der Waals surface area (Å²) < 4.78 is 13.5. The minimum atomic E-state index is -0.236. The molecule has 1 aromatic heterocycles. The second-order valence-corrected chi connectivity index (χ2v) is 8.92. The lowest BCUT2D eigenvalue weighted by atomic mass is 10.0. The van der Waals surface area contributed by atoms with Crippen LogP contribution in [0.3, 0.4) is 0 Å². The van der Waals surface area contributed by atoms with Crippen LogP contribution in [0.4, 0.5) is 10.2 Å². The summed E-state index contributed by atoms with van der Waals surface area (Å²) in [5, 5.41) is 0. The van der Waals surface area contributed by atoms with E-state index in [4.69, 9.17) is 9.97 Å². The average Bonchev–Trinajstić information content (AvgIpc) is 3.14. The van der Waals surface area contributed by atoms with E-state index in [-0.39, 0.29) is 17.6 Å². The average molecular weight is 448 g/mol. The third-order valence-corrected chi connectivity index (χ3v) is 5.84. The van der Waals surface area contributed by atoms with E-state index in [9.17, 15) is 9.18 Å². The Morgan fingerprint density at radius 1 is 0.970 bits per heavy atom. The molecule has 0 spiro atoms. The Morgan fingerprint density at radius 3 is 2.45 bits per heavy atom. The first-order valence-corrected chi connectivity index (χ1v) is 11.2. The van der Waals surface area contributed by atoms with Crippen molar-refractivity contribution in [2.75, 3.05) is 32.6 Å². The van der Waals surface area contributed by atoms with Crippen LogP contribution in [0, 0.1) is 5.82 Å². The maximum absolute atomic E-state index is 13.5. The Kier molecular flexibility index (Phi) is 6.99. The van der Waals surface area contributed by atoms with Crippen LogP contribution in [0.25, 0.3) is 0 Å². The third-order valence-electron chi connectivity index (χ3n) is 5.84. The van der Waals surface area contributed by atoms with Gasteiger partial charge in [-0.2, -0.15) is 0 Å². The van der Waals surface area contributed by atoms with Gasteiger partial charge in [0.25, 0.3) is 0 Å². The number of rotatable bonds is 8. The molecule has 1 saturated heterocycles. The Bertz CT molecular complexity index is 1100. The number of anilines is 1. The molecule has 33 heavy (non-hydrogen) atoms. The zero-order chi connectivity index (χ0) is 23.4. The van der Waals surface area contributed by atoms with Crippen molar-refractivity contribution in [3.63, 3.8) is 0 Å². The summed E-state index contributed by atoms with van der Waals surface area (Å²) in [6, 6.07) is 18.7. The van der Waals surface area contributed by atoms with Crippen molar-refractivity contribution in [3.05, 3.63) is 89.1 Å². The highest BCUT2D eigenvalue weighted by molar-refractivity contribution is 5.79. The number of aromatic nitrogens is 2. The summed E-state index contributed by atoms with van der Waals surface area (Å²) in [6.07, 6.45) is 0.454. The van der Waals surface area contributed by atoms with Crippen molar-refractivity contribution in [2.45, 2.75) is 32.0 Å². The van der Waals surface area contributed by atoms with Gasteiger partial charge in [0.2, 0.25) is 5.91 Å². The zero-order valence-corrected chi connectivity index (χ0v) is 19.4. The fourth-order valence-corrected chi connectivity index (χ4v) is 4.18. The van der Waals surface area contributed by atoms with Crippen LogP contribution >= 0.6 is 0 Å². The first-order chi connectivity index (χ1) is 15.9. The van der Waals surface area contributed by atoms with Crippen LogP contribution in [-0.2, 0) is 24.4 Å². The summed E-state index contributed by atoms with van der Waals surface area (Å²) >= 11 is 0. The fraction of sp³-hybridized carbons (Fsp3) is 0.346. The van der Waals surface area contributed by atoms with Crippen molar-refractivity contribution in [1.82, 2.24) is 19.8 Å². The van der Waals surface area contributed by atoms with Gasteiger partial charge < -0.3 is 9.80 Å². The predicted octanol–water partition coefficient (Wildman–Crippen LogP) is 3.83. The first-order valence-electron chi connectivity index (χ1n) is 11.2. The Labute approximate surface area is 194 Å². The van der Waals surface area contributed by atoms with Gasteiger partial charge in [0.05, 0.1) is 12.2 Å². The molecule has 4 rings (SSSR count). The second-order valence-electron chi connectivity index (χ2n) is 8.92. The number of hydrogen-bond acceptors (Lipinski definition) is 5. The molecule has 0 N–H and O–H groups in total. The van der Waals surface area contributed by atoms with Crippen LogP contribution in [0.5, 0.6) is 0 Å². The number of nitrogens with zero attached hydrogens (tertiary/aromatic N) is 5. The molecule has 172 valence electrons. The first kappa shape index (κ1) is 22.9. The summed E-state index contributed by atoms with van der Waals surface area (Å²) in [6.45, 7) is 2.39. The second kappa shape index (κ2) is 10.1.